The Balaban J connectivity index is 1.91. The molecule has 0 saturated heterocycles. The first-order chi connectivity index (χ1) is 14.9. The molecule has 31 heavy (non-hydrogen) atoms. The fourth-order valence-electron chi connectivity index (χ4n) is 2.98. The zero-order valence-corrected chi connectivity index (χ0v) is 18.6. The van der Waals surface area contributed by atoms with E-state index in [0.717, 1.165) is 5.56 Å². The number of rotatable bonds is 7. The molecule has 3 rings (SSSR count). The second-order valence-electron chi connectivity index (χ2n) is 6.61. The van der Waals surface area contributed by atoms with Crippen molar-refractivity contribution in [2.45, 2.75) is 13.1 Å². The number of carbonyl (C=O) groups is 1. The van der Waals surface area contributed by atoms with Crippen molar-refractivity contribution in [3.05, 3.63) is 65.0 Å². The van der Waals surface area contributed by atoms with Gasteiger partial charge in [0, 0.05) is 25.2 Å². The number of nitrogens with one attached hydrogen (secondary N) is 2. The summed E-state index contributed by atoms with van der Waals surface area (Å²) in [6.07, 6.45) is 1.93. The van der Waals surface area contributed by atoms with Gasteiger partial charge in [0.25, 0.3) is 5.62 Å². The molecule has 0 aliphatic heterocycles. The van der Waals surface area contributed by atoms with Gasteiger partial charge in [0.1, 0.15) is 34.2 Å². The van der Waals surface area contributed by atoms with Gasteiger partial charge < -0.3 is 14.8 Å². The van der Waals surface area contributed by atoms with E-state index < -0.39 is 10.7 Å². The number of ether oxygens (including phenoxy) is 2. The van der Waals surface area contributed by atoms with E-state index >= 15 is 0 Å². The fraction of sp³-hybridized carbons (Fsp3) is 0.286. The van der Waals surface area contributed by atoms with E-state index in [0.29, 0.717) is 27.8 Å². The van der Waals surface area contributed by atoms with E-state index in [1.807, 2.05) is 12.3 Å². The van der Waals surface area contributed by atoms with Gasteiger partial charge in [-0.15, -0.1) is 4.98 Å². The average Bonchev–Trinajstić information content (AvgIpc) is 3.16. The summed E-state index contributed by atoms with van der Waals surface area (Å²) in [4.78, 5) is 23.3. The van der Waals surface area contributed by atoms with Gasteiger partial charge in [-0.05, 0) is 29.8 Å². The van der Waals surface area contributed by atoms with Crippen LogP contribution in [0.15, 0.2) is 47.5 Å². The molecule has 2 aromatic carbocycles. The van der Waals surface area contributed by atoms with Crippen LogP contribution < -0.4 is 25.3 Å². The molecule has 2 N–H and O–H groups in total. The minimum absolute atomic E-state index is 0.180. The second-order valence-corrected chi connectivity index (χ2v) is 8.20. The highest BCUT2D eigenvalue weighted by molar-refractivity contribution is 7.27. The molecule has 2 amide bonds. The van der Waals surface area contributed by atoms with Crippen molar-refractivity contribution in [1.29, 1.82) is 0 Å². The molecule has 0 bridgehead atoms. The number of nitrogens with zero attached hydrogens (tertiary/aromatic N) is 3. The van der Waals surface area contributed by atoms with Crippen molar-refractivity contribution in [3.63, 3.8) is 0 Å². The van der Waals surface area contributed by atoms with Gasteiger partial charge in [0.15, 0.2) is 0 Å². The number of methoxy groups -OCH3 is 2. The summed E-state index contributed by atoms with van der Waals surface area (Å²) < 4.78 is 27.4. The molecule has 0 fully saturated rings. The van der Waals surface area contributed by atoms with Gasteiger partial charge in [-0.3, -0.25) is 4.99 Å². The summed E-state index contributed by atoms with van der Waals surface area (Å²) in [5.41, 5.74) is 1.91. The summed E-state index contributed by atoms with van der Waals surface area (Å²) in [7, 11) is 4.25. The number of hydrogen-bond acceptors (Lipinski definition) is 5. The maximum absolute atomic E-state index is 13.5. The van der Waals surface area contributed by atoms with Gasteiger partial charge in [0.2, 0.25) is 0 Å². The van der Waals surface area contributed by atoms with Crippen LogP contribution >= 0.6 is 10.7 Å². The Kier molecular flexibility index (Phi) is 7.24. The topological polar surface area (TPSA) is 91.8 Å². The number of aromatic amines is 1. The van der Waals surface area contributed by atoms with Crippen LogP contribution in [0.3, 0.4) is 0 Å². The molecule has 1 unspecified atom stereocenters. The Morgan fingerprint density at radius 3 is 2.71 bits per heavy atom. The minimum Gasteiger partial charge on any atom is -0.497 e. The van der Waals surface area contributed by atoms with E-state index in [1.54, 1.807) is 45.5 Å². The molecule has 0 spiro atoms. The van der Waals surface area contributed by atoms with Crippen molar-refractivity contribution >= 4 is 21.8 Å². The highest BCUT2D eigenvalue weighted by Gasteiger charge is 2.28. The molecular weight excluding hydrogens is 421 g/mol. The molecule has 0 aliphatic rings. The molecule has 1 heterocycles. The average molecular weight is 447 g/mol. The number of aromatic nitrogens is 2. The Labute approximate surface area is 182 Å². The van der Waals surface area contributed by atoms with Gasteiger partial charge >= 0.3 is 11.2 Å². The number of urea groups is 1. The van der Waals surface area contributed by atoms with Crippen molar-refractivity contribution in [3.8, 4) is 11.5 Å². The zero-order valence-electron chi connectivity index (χ0n) is 17.8. The number of H-pyrrole nitrogens is 1. The Morgan fingerprint density at radius 2 is 2.06 bits per heavy atom. The maximum Gasteiger partial charge on any atom is 0.375 e. The number of benzene rings is 2. The molecule has 10 heteroatoms. The van der Waals surface area contributed by atoms with Gasteiger partial charge in [0.05, 0.1) is 20.8 Å². The molecule has 164 valence electrons. The first kappa shape index (κ1) is 22.3. The van der Waals surface area contributed by atoms with Gasteiger partial charge in [-0.25, -0.2) is 14.1 Å². The lowest BCUT2D eigenvalue weighted by Crippen LogP contribution is -2.39. The zero-order chi connectivity index (χ0) is 22.4. The van der Waals surface area contributed by atoms with Crippen LogP contribution in [0.25, 0.3) is 0 Å². The molecule has 0 radical (unpaired) electrons. The Bertz CT molecular complexity index is 1130. The number of halogens is 1. The van der Waals surface area contributed by atoms with E-state index in [4.69, 9.17) is 9.47 Å². The monoisotopic (exact) mass is 446 g/mol. The third kappa shape index (κ3) is 5.40. The Hall–Kier alpha value is -3.40. The number of anilines is 1. The van der Waals surface area contributed by atoms with E-state index in [9.17, 15) is 9.18 Å². The number of hydrogen-bond donors (Lipinski definition) is 2. The smallest absolute Gasteiger partial charge is 0.375 e. The SMILES string of the molecule is CN=c1nc(N(Cc2ccc(OC)cc2OC)C(=O)NCc2cccc(F)c2)[s+](C)[nH]1. The van der Waals surface area contributed by atoms with Crippen molar-refractivity contribution in [1.82, 2.24) is 14.7 Å². The quantitative estimate of drug-likeness (QED) is 0.545. The van der Waals surface area contributed by atoms with Gasteiger partial charge in [-0.1, -0.05) is 12.1 Å². The molecule has 0 aliphatic carbocycles. The molecule has 1 aromatic heterocycles. The molecular formula is C21H25FN5O3S+. The van der Waals surface area contributed by atoms with Gasteiger partial charge in [-0.2, -0.15) is 4.37 Å². The van der Waals surface area contributed by atoms with Crippen LogP contribution in [0.4, 0.5) is 14.3 Å². The standard InChI is InChI=1S/C21H24FN5O3S/c1-23-19-25-21(31(4)26-19)27(13-15-8-9-17(29-2)11-18(15)30-3)20(28)24-12-14-6-5-7-16(22)10-14/h5-11H,12-13H2,1-4H3,(H-,23,24,26,28)/p+1. The Morgan fingerprint density at radius 1 is 1.26 bits per heavy atom. The number of amides is 2. The lowest BCUT2D eigenvalue weighted by atomic mass is 10.2. The third-order valence-electron chi connectivity index (χ3n) is 4.56. The lowest BCUT2D eigenvalue weighted by molar-refractivity contribution is 0.245. The van der Waals surface area contributed by atoms with Crippen LogP contribution in [0.1, 0.15) is 11.1 Å². The van der Waals surface area contributed by atoms with Crippen molar-refractivity contribution in [2.24, 2.45) is 11.2 Å². The number of carbonyl (C=O) groups excluding carboxylic acids is 1. The summed E-state index contributed by atoms with van der Waals surface area (Å²) in [5, 5.41) is 3.40. The number of aryl methyl sites for hydroxylation is 1. The summed E-state index contributed by atoms with van der Waals surface area (Å²) in [5.74, 6) is 0.891. The third-order valence-corrected chi connectivity index (χ3v) is 5.91. The van der Waals surface area contributed by atoms with E-state index in [-0.39, 0.29) is 24.9 Å². The van der Waals surface area contributed by atoms with Crippen LogP contribution in [-0.2, 0) is 19.3 Å². The first-order valence-electron chi connectivity index (χ1n) is 9.44. The van der Waals surface area contributed by atoms with Crippen molar-refractivity contribution in [2.75, 3.05) is 26.2 Å². The van der Waals surface area contributed by atoms with Crippen LogP contribution in [-0.4, -0.2) is 36.7 Å². The highest BCUT2D eigenvalue weighted by Crippen LogP contribution is 2.30. The summed E-state index contributed by atoms with van der Waals surface area (Å²) in [6.45, 7) is 0.400. The lowest BCUT2D eigenvalue weighted by Gasteiger charge is -2.19. The first-order valence-corrected chi connectivity index (χ1v) is 11.1. The summed E-state index contributed by atoms with van der Waals surface area (Å²) >= 11 is 0. The van der Waals surface area contributed by atoms with Crippen LogP contribution in [0.5, 0.6) is 11.5 Å². The van der Waals surface area contributed by atoms with E-state index in [1.165, 1.54) is 17.0 Å². The molecule has 8 nitrogen and oxygen atoms in total. The molecule has 3 aromatic rings. The highest BCUT2D eigenvalue weighted by atomic mass is 32.2. The largest absolute Gasteiger partial charge is 0.497 e. The fourth-order valence-corrected chi connectivity index (χ4v) is 4.19. The minimum atomic E-state index is -0.522. The van der Waals surface area contributed by atoms with Crippen LogP contribution in [0.2, 0.25) is 0 Å². The molecule has 0 saturated carbocycles. The normalized spacial score (nSPS) is 11.9. The van der Waals surface area contributed by atoms with Crippen LogP contribution in [0, 0.1) is 5.82 Å². The molecule has 1 atom stereocenters. The van der Waals surface area contributed by atoms with Crippen molar-refractivity contribution < 1.29 is 18.7 Å². The maximum atomic E-state index is 13.5. The predicted molar refractivity (Wildman–Crippen MR) is 118 cm³/mol. The second kappa shape index (κ2) is 10.1. The predicted octanol–water partition coefficient (Wildman–Crippen LogP) is 3.30. The summed E-state index contributed by atoms with van der Waals surface area (Å²) in [6, 6.07) is 11.2. The van der Waals surface area contributed by atoms with E-state index in [2.05, 4.69) is 19.7 Å².